The Morgan fingerprint density at radius 1 is 1.28 bits per heavy atom. The SMILES string of the molecule is C=CCn1c(SCC(=O)Nc2cccc(Cl)c2C)nnc1-c1ccccc1OC. The summed E-state index contributed by atoms with van der Waals surface area (Å²) in [4.78, 5) is 12.4. The van der Waals surface area contributed by atoms with E-state index in [0.717, 1.165) is 11.1 Å². The number of halogens is 1. The second kappa shape index (κ2) is 9.62. The number of amides is 1. The number of allylic oxidation sites excluding steroid dienone is 1. The zero-order valence-corrected chi connectivity index (χ0v) is 17.8. The first-order valence-corrected chi connectivity index (χ1v) is 10.3. The van der Waals surface area contributed by atoms with Gasteiger partial charge < -0.3 is 10.1 Å². The number of carbonyl (C=O) groups is 1. The molecule has 1 N–H and O–H groups in total. The summed E-state index contributed by atoms with van der Waals surface area (Å²) < 4.78 is 7.35. The van der Waals surface area contributed by atoms with E-state index in [2.05, 4.69) is 22.1 Å². The van der Waals surface area contributed by atoms with Crippen LogP contribution >= 0.6 is 23.4 Å². The van der Waals surface area contributed by atoms with Crippen molar-refractivity contribution in [2.75, 3.05) is 18.2 Å². The Bertz CT molecular complexity index is 1040. The Morgan fingerprint density at radius 2 is 2.07 bits per heavy atom. The number of hydrogen-bond acceptors (Lipinski definition) is 5. The number of anilines is 1. The molecule has 1 heterocycles. The zero-order chi connectivity index (χ0) is 20.8. The lowest BCUT2D eigenvalue weighted by atomic mass is 10.2. The fourth-order valence-electron chi connectivity index (χ4n) is 2.78. The lowest BCUT2D eigenvalue weighted by molar-refractivity contribution is -0.113. The van der Waals surface area contributed by atoms with Gasteiger partial charge in [-0.1, -0.05) is 47.6 Å². The van der Waals surface area contributed by atoms with Gasteiger partial charge in [-0.25, -0.2) is 0 Å². The maximum atomic E-state index is 12.4. The van der Waals surface area contributed by atoms with Gasteiger partial charge in [0.1, 0.15) is 5.75 Å². The minimum Gasteiger partial charge on any atom is -0.496 e. The largest absolute Gasteiger partial charge is 0.496 e. The smallest absolute Gasteiger partial charge is 0.234 e. The maximum Gasteiger partial charge on any atom is 0.234 e. The predicted octanol–water partition coefficient (Wildman–Crippen LogP) is 4.83. The standard InChI is InChI=1S/C21H21ClN4O2S/c1-4-12-26-20(15-8-5-6-11-18(15)28-3)24-25-21(26)29-13-19(27)23-17-10-7-9-16(22)14(17)2/h4-11H,1,12-13H2,2-3H3,(H,23,27). The van der Waals surface area contributed by atoms with Crippen molar-refractivity contribution in [3.63, 3.8) is 0 Å². The van der Waals surface area contributed by atoms with E-state index in [1.807, 2.05) is 41.8 Å². The number of carbonyl (C=O) groups excluding carboxylic acids is 1. The average molecular weight is 429 g/mol. The van der Waals surface area contributed by atoms with Gasteiger partial charge in [-0.05, 0) is 36.8 Å². The van der Waals surface area contributed by atoms with Crippen LogP contribution in [0.2, 0.25) is 5.02 Å². The highest BCUT2D eigenvalue weighted by molar-refractivity contribution is 7.99. The quantitative estimate of drug-likeness (QED) is 0.411. The molecule has 150 valence electrons. The molecule has 3 aromatic rings. The summed E-state index contributed by atoms with van der Waals surface area (Å²) in [6.45, 7) is 6.19. The van der Waals surface area contributed by atoms with E-state index < -0.39 is 0 Å². The van der Waals surface area contributed by atoms with Gasteiger partial charge in [-0.2, -0.15) is 0 Å². The Hall–Kier alpha value is -2.77. The van der Waals surface area contributed by atoms with Crippen molar-refractivity contribution in [2.45, 2.75) is 18.6 Å². The zero-order valence-electron chi connectivity index (χ0n) is 16.2. The number of nitrogens with one attached hydrogen (secondary N) is 1. The van der Waals surface area contributed by atoms with E-state index in [1.54, 1.807) is 25.3 Å². The number of thioether (sulfide) groups is 1. The second-order valence-corrected chi connectivity index (χ2v) is 7.50. The summed E-state index contributed by atoms with van der Waals surface area (Å²) in [5.41, 5.74) is 2.36. The molecule has 0 saturated heterocycles. The summed E-state index contributed by atoms with van der Waals surface area (Å²) in [6, 6.07) is 13.0. The number of aromatic nitrogens is 3. The van der Waals surface area contributed by atoms with Crippen molar-refractivity contribution in [3.05, 3.63) is 65.7 Å². The van der Waals surface area contributed by atoms with Gasteiger partial charge in [0.2, 0.25) is 5.91 Å². The normalized spacial score (nSPS) is 10.6. The van der Waals surface area contributed by atoms with E-state index in [4.69, 9.17) is 16.3 Å². The highest BCUT2D eigenvalue weighted by Crippen LogP contribution is 2.31. The molecule has 1 aromatic heterocycles. The molecule has 0 aliphatic rings. The fraction of sp³-hybridized carbons (Fsp3) is 0.190. The number of nitrogens with zero attached hydrogens (tertiary/aromatic N) is 3. The molecule has 8 heteroatoms. The summed E-state index contributed by atoms with van der Waals surface area (Å²) in [6.07, 6.45) is 1.77. The monoisotopic (exact) mass is 428 g/mol. The first kappa shape index (κ1) is 21.0. The van der Waals surface area contributed by atoms with Crippen LogP contribution in [0.5, 0.6) is 5.75 Å². The van der Waals surface area contributed by atoms with Gasteiger partial charge in [0, 0.05) is 17.3 Å². The molecule has 0 bridgehead atoms. The average Bonchev–Trinajstić information content (AvgIpc) is 3.12. The minimum absolute atomic E-state index is 0.146. The number of hydrogen-bond donors (Lipinski definition) is 1. The molecule has 29 heavy (non-hydrogen) atoms. The fourth-order valence-corrected chi connectivity index (χ4v) is 3.70. The van der Waals surface area contributed by atoms with Gasteiger partial charge in [0.25, 0.3) is 0 Å². The molecule has 1 amide bonds. The predicted molar refractivity (Wildman–Crippen MR) is 118 cm³/mol. The molecule has 3 rings (SSSR count). The van der Waals surface area contributed by atoms with Crippen molar-refractivity contribution in [2.24, 2.45) is 0 Å². The highest BCUT2D eigenvalue weighted by Gasteiger charge is 2.18. The first-order valence-electron chi connectivity index (χ1n) is 8.90. The van der Waals surface area contributed by atoms with E-state index >= 15 is 0 Å². The van der Waals surface area contributed by atoms with Crippen LogP contribution in [0, 0.1) is 6.92 Å². The van der Waals surface area contributed by atoms with E-state index in [1.165, 1.54) is 11.8 Å². The Balaban J connectivity index is 1.77. The van der Waals surface area contributed by atoms with E-state index in [9.17, 15) is 4.79 Å². The molecule has 0 saturated carbocycles. The molecule has 0 fully saturated rings. The third-order valence-electron chi connectivity index (χ3n) is 4.25. The van der Waals surface area contributed by atoms with Gasteiger partial charge >= 0.3 is 0 Å². The minimum atomic E-state index is -0.146. The summed E-state index contributed by atoms with van der Waals surface area (Å²) >= 11 is 7.42. The summed E-state index contributed by atoms with van der Waals surface area (Å²) in [5, 5.41) is 12.7. The van der Waals surface area contributed by atoms with Crippen LogP contribution in [0.3, 0.4) is 0 Å². The lowest BCUT2D eigenvalue weighted by Crippen LogP contribution is -2.15. The molecule has 0 aliphatic carbocycles. The first-order chi connectivity index (χ1) is 14.0. The highest BCUT2D eigenvalue weighted by atomic mass is 35.5. The number of ether oxygens (including phenoxy) is 1. The molecule has 0 spiro atoms. The number of rotatable bonds is 8. The number of para-hydroxylation sites is 1. The Kier molecular flexibility index (Phi) is 6.95. The van der Waals surface area contributed by atoms with Crippen LogP contribution in [-0.2, 0) is 11.3 Å². The Labute approximate surface area is 178 Å². The van der Waals surface area contributed by atoms with Gasteiger partial charge in [0.05, 0.1) is 18.4 Å². The van der Waals surface area contributed by atoms with Crippen molar-refractivity contribution in [1.82, 2.24) is 14.8 Å². The van der Waals surface area contributed by atoms with E-state index in [0.29, 0.717) is 34.0 Å². The van der Waals surface area contributed by atoms with Crippen molar-refractivity contribution in [1.29, 1.82) is 0 Å². The van der Waals surface area contributed by atoms with Crippen LogP contribution in [0.1, 0.15) is 5.56 Å². The van der Waals surface area contributed by atoms with Crippen LogP contribution in [-0.4, -0.2) is 33.5 Å². The third kappa shape index (κ3) is 4.81. The van der Waals surface area contributed by atoms with Crippen molar-refractivity contribution in [3.8, 4) is 17.1 Å². The number of methoxy groups -OCH3 is 1. The van der Waals surface area contributed by atoms with Crippen molar-refractivity contribution >= 4 is 35.0 Å². The van der Waals surface area contributed by atoms with Gasteiger partial charge in [-0.15, -0.1) is 16.8 Å². The Morgan fingerprint density at radius 3 is 2.83 bits per heavy atom. The third-order valence-corrected chi connectivity index (χ3v) is 5.63. The number of benzene rings is 2. The van der Waals surface area contributed by atoms with E-state index in [-0.39, 0.29) is 11.7 Å². The van der Waals surface area contributed by atoms with Gasteiger partial charge in [0.15, 0.2) is 11.0 Å². The molecular weight excluding hydrogens is 408 g/mol. The van der Waals surface area contributed by atoms with Crippen LogP contribution in [0.25, 0.3) is 11.4 Å². The molecule has 2 aromatic carbocycles. The molecule has 0 aliphatic heterocycles. The topological polar surface area (TPSA) is 69.0 Å². The van der Waals surface area contributed by atoms with Gasteiger partial charge in [-0.3, -0.25) is 9.36 Å². The molecule has 0 atom stereocenters. The molecule has 0 radical (unpaired) electrons. The molecule has 6 nitrogen and oxygen atoms in total. The van der Waals surface area contributed by atoms with Crippen molar-refractivity contribution < 1.29 is 9.53 Å². The maximum absolute atomic E-state index is 12.4. The van der Waals surface area contributed by atoms with Crippen LogP contribution < -0.4 is 10.1 Å². The summed E-state index contributed by atoms with van der Waals surface area (Å²) in [7, 11) is 1.62. The molecule has 0 unspecified atom stereocenters. The lowest BCUT2D eigenvalue weighted by Gasteiger charge is -2.11. The molecular formula is C21H21ClN4O2S. The summed E-state index contributed by atoms with van der Waals surface area (Å²) in [5.74, 6) is 1.41. The second-order valence-electron chi connectivity index (χ2n) is 6.15. The van der Waals surface area contributed by atoms with Crippen LogP contribution in [0.4, 0.5) is 5.69 Å². The van der Waals surface area contributed by atoms with Crippen LogP contribution in [0.15, 0.2) is 60.3 Å².